The van der Waals surface area contributed by atoms with Crippen LogP contribution in [0.25, 0.3) is 0 Å². The lowest BCUT2D eigenvalue weighted by molar-refractivity contribution is 0.219. The van der Waals surface area contributed by atoms with E-state index in [1.807, 2.05) is 13.8 Å². The molecule has 5 nitrogen and oxygen atoms in total. The van der Waals surface area contributed by atoms with Crippen molar-refractivity contribution in [2.45, 2.75) is 44.9 Å². The number of aliphatic hydroxyl groups excluding tert-OH is 1. The van der Waals surface area contributed by atoms with Crippen LogP contribution in [-0.2, 0) is 10.0 Å². The number of hydrogen-bond donors (Lipinski definition) is 1. The van der Waals surface area contributed by atoms with Crippen LogP contribution >= 0.6 is 0 Å². The highest BCUT2D eigenvalue weighted by molar-refractivity contribution is 7.90. The summed E-state index contributed by atoms with van der Waals surface area (Å²) < 4.78 is 25.3. The van der Waals surface area contributed by atoms with Crippen LogP contribution in [0.2, 0.25) is 0 Å². The first-order valence-electron chi connectivity index (χ1n) is 5.46. The molecular weight excluding hydrogens is 228 g/mol. The Morgan fingerprint density at radius 2 is 1.88 bits per heavy atom. The molecule has 1 unspecified atom stereocenters. The molecule has 0 aromatic heterocycles. The Morgan fingerprint density at radius 1 is 1.38 bits per heavy atom. The summed E-state index contributed by atoms with van der Waals surface area (Å²) >= 11 is 0. The van der Waals surface area contributed by atoms with E-state index in [1.165, 1.54) is 11.2 Å². The zero-order valence-corrected chi connectivity index (χ0v) is 10.9. The molecule has 0 amide bonds. The van der Waals surface area contributed by atoms with E-state index in [1.54, 1.807) is 6.07 Å². The number of aliphatic hydroxyl groups is 1. The second-order valence-electron chi connectivity index (χ2n) is 3.62. The molecule has 1 N–H and O–H groups in total. The van der Waals surface area contributed by atoms with Crippen LogP contribution in [0.1, 0.15) is 33.6 Å². The molecule has 0 aromatic rings. The van der Waals surface area contributed by atoms with Crippen molar-refractivity contribution < 1.29 is 13.5 Å². The summed E-state index contributed by atoms with van der Waals surface area (Å²) in [6.45, 7) is 4.98. The highest BCUT2D eigenvalue weighted by Crippen LogP contribution is 2.17. The normalized spacial score (nSPS) is 14.1. The molecule has 0 saturated heterocycles. The first-order valence-corrected chi connectivity index (χ1v) is 6.97. The molecule has 0 aliphatic heterocycles. The van der Waals surface area contributed by atoms with Crippen molar-refractivity contribution in [3.05, 3.63) is 0 Å². The second kappa shape index (κ2) is 6.84. The van der Waals surface area contributed by atoms with Crippen LogP contribution in [-0.4, -0.2) is 42.3 Å². The first kappa shape index (κ1) is 15.4. The SMILES string of the molecule is CCC(CC)N(CCO)S(=O)(=O)C(C)C#N. The van der Waals surface area contributed by atoms with E-state index in [0.29, 0.717) is 12.8 Å². The van der Waals surface area contributed by atoms with Crippen molar-refractivity contribution in [2.24, 2.45) is 0 Å². The minimum absolute atomic E-state index is 0.0563. The number of nitriles is 1. The van der Waals surface area contributed by atoms with Gasteiger partial charge in [-0.05, 0) is 19.8 Å². The summed E-state index contributed by atoms with van der Waals surface area (Å²) in [5.41, 5.74) is 0. The van der Waals surface area contributed by atoms with Gasteiger partial charge in [0.05, 0.1) is 12.7 Å². The summed E-state index contributed by atoms with van der Waals surface area (Å²) in [5, 5.41) is 16.5. The first-order chi connectivity index (χ1) is 7.45. The van der Waals surface area contributed by atoms with Crippen molar-refractivity contribution >= 4 is 10.0 Å². The Labute approximate surface area is 97.7 Å². The van der Waals surface area contributed by atoms with E-state index in [2.05, 4.69) is 0 Å². The molecule has 0 aromatic carbocycles. The van der Waals surface area contributed by atoms with Gasteiger partial charge in [-0.2, -0.15) is 9.57 Å². The topological polar surface area (TPSA) is 81.4 Å². The molecular formula is C10H20N2O3S. The predicted octanol–water partition coefficient (Wildman–Crippen LogP) is 0.711. The van der Waals surface area contributed by atoms with E-state index < -0.39 is 15.3 Å². The maximum Gasteiger partial charge on any atom is 0.230 e. The molecule has 0 fully saturated rings. The molecule has 0 aliphatic rings. The van der Waals surface area contributed by atoms with E-state index in [0.717, 1.165) is 0 Å². The molecule has 0 rings (SSSR count). The largest absolute Gasteiger partial charge is 0.395 e. The molecule has 0 spiro atoms. The molecule has 0 radical (unpaired) electrons. The third-order valence-corrected chi connectivity index (χ3v) is 4.76. The summed E-state index contributed by atoms with van der Waals surface area (Å²) in [5.74, 6) is 0. The third kappa shape index (κ3) is 3.44. The smallest absolute Gasteiger partial charge is 0.230 e. The molecule has 16 heavy (non-hydrogen) atoms. The molecule has 6 heteroatoms. The van der Waals surface area contributed by atoms with E-state index in [-0.39, 0.29) is 19.2 Å². The quantitative estimate of drug-likeness (QED) is 0.719. The van der Waals surface area contributed by atoms with Gasteiger partial charge in [-0.25, -0.2) is 8.42 Å². The van der Waals surface area contributed by atoms with Crippen LogP contribution < -0.4 is 0 Å². The Hall–Kier alpha value is -0.640. The van der Waals surface area contributed by atoms with Crippen molar-refractivity contribution in [3.8, 4) is 6.07 Å². The molecule has 0 bridgehead atoms. The molecule has 94 valence electrons. The fourth-order valence-electron chi connectivity index (χ4n) is 1.58. The number of rotatable bonds is 7. The standard InChI is InChI=1S/C10H20N2O3S/c1-4-10(5-2)12(6-7-13)16(14,15)9(3)8-11/h9-10,13H,4-7H2,1-3H3. The monoisotopic (exact) mass is 248 g/mol. The summed E-state index contributed by atoms with van der Waals surface area (Å²) in [7, 11) is -3.62. The Kier molecular flexibility index (Phi) is 6.56. The maximum atomic E-state index is 12.0. The van der Waals surface area contributed by atoms with Gasteiger partial charge in [0, 0.05) is 12.6 Å². The lowest BCUT2D eigenvalue weighted by Gasteiger charge is -2.29. The lowest BCUT2D eigenvalue weighted by atomic mass is 10.2. The Balaban J connectivity index is 5.13. The van der Waals surface area contributed by atoms with Gasteiger partial charge in [0.25, 0.3) is 0 Å². The van der Waals surface area contributed by atoms with Crippen molar-refractivity contribution in [1.82, 2.24) is 4.31 Å². The molecule has 0 heterocycles. The fraction of sp³-hybridized carbons (Fsp3) is 0.900. The van der Waals surface area contributed by atoms with Crippen LogP contribution in [0.4, 0.5) is 0 Å². The number of sulfonamides is 1. The third-order valence-electron chi connectivity index (χ3n) is 2.63. The Morgan fingerprint density at radius 3 is 2.19 bits per heavy atom. The van der Waals surface area contributed by atoms with E-state index in [4.69, 9.17) is 10.4 Å². The zero-order chi connectivity index (χ0) is 12.8. The minimum atomic E-state index is -3.62. The number of hydrogen-bond acceptors (Lipinski definition) is 4. The van der Waals surface area contributed by atoms with Crippen molar-refractivity contribution in [1.29, 1.82) is 5.26 Å². The summed E-state index contributed by atoms with van der Waals surface area (Å²) in [4.78, 5) is 0. The average molecular weight is 248 g/mol. The van der Waals surface area contributed by atoms with Gasteiger partial charge in [-0.1, -0.05) is 13.8 Å². The Bertz CT molecular complexity index is 330. The minimum Gasteiger partial charge on any atom is -0.395 e. The molecule has 1 atom stereocenters. The lowest BCUT2D eigenvalue weighted by Crippen LogP contribution is -2.45. The van der Waals surface area contributed by atoms with Gasteiger partial charge in [0.2, 0.25) is 10.0 Å². The van der Waals surface area contributed by atoms with E-state index >= 15 is 0 Å². The number of nitrogens with zero attached hydrogens (tertiary/aromatic N) is 2. The average Bonchev–Trinajstić information content (AvgIpc) is 2.28. The highest BCUT2D eigenvalue weighted by atomic mass is 32.2. The van der Waals surface area contributed by atoms with Crippen molar-refractivity contribution in [3.63, 3.8) is 0 Å². The zero-order valence-electron chi connectivity index (χ0n) is 10.0. The van der Waals surface area contributed by atoms with Gasteiger partial charge >= 0.3 is 0 Å². The van der Waals surface area contributed by atoms with Crippen LogP contribution in [0.15, 0.2) is 0 Å². The summed E-state index contributed by atoms with van der Waals surface area (Å²) in [6, 6.07) is 1.59. The molecule has 0 saturated carbocycles. The van der Waals surface area contributed by atoms with Gasteiger partial charge in [0.1, 0.15) is 0 Å². The van der Waals surface area contributed by atoms with Crippen molar-refractivity contribution in [2.75, 3.05) is 13.2 Å². The summed E-state index contributed by atoms with van der Waals surface area (Å²) in [6.07, 6.45) is 1.35. The maximum absolute atomic E-state index is 12.0. The van der Waals surface area contributed by atoms with Gasteiger partial charge in [0.15, 0.2) is 5.25 Å². The van der Waals surface area contributed by atoms with Gasteiger partial charge < -0.3 is 5.11 Å². The highest BCUT2D eigenvalue weighted by Gasteiger charge is 2.32. The van der Waals surface area contributed by atoms with Gasteiger partial charge in [-0.3, -0.25) is 0 Å². The van der Waals surface area contributed by atoms with E-state index in [9.17, 15) is 8.42 Å². The molecule has 0 aliphatic carbocycles. The van der Waals surface area contributed by atoms with Crippen LogP contribution in [0, 0.1) is 11.3 Å². The van der Waals surface area contributed by atoms with Gasteiger partial charge in [-0.15, -0.1) is 0 Å². The second-order valence-corrected chi connectivity index (χ2v) is 5.83. The predicted molar refractivity (Wildman–Crippen MR) is 62.2 cm³/mol. The van der Waals surface area contributed by atoms with Crippen LogP contribution in [0.5, 0.6) is 0 Å². The fourth-order valence-corrected chi connectivity index (χ4v) is 3.17. The van der Waals surface area contributed by atoms with Crippen LogP contribution in [0.3, 0.4) is 0 Å².